The molecule has 0 aliphatic rings. The van der Waals surface area contributed by atoms with Gasteiger partial charge in [0.2, 0.25) is 0 Å². The number of thioether (sulfide) groups is 1. The standard InChI is InChI=1S/C17H13FN4OS2/c18-14-8-4-5-12(9-14)10-19-20-15(23)11-24-17-22-21-16(25-17)13-6-2-1-3-7-13/h1-10H,11H2,(H,20,23). The van der Waals surface area contributed by atoms with E-state index in [4.69, 9.17) is 0 Å². The van der Waals surface area contributed by atoms with Crippen molar-refractivity contribution in [3.8, 4) is 10.6 Å². The summed E-state index contributed by atoms with van der Waals surface area (Å²) in [6.07, 6.45) is 1.39. The molecule has 0 spiro atoms. The summed E-state index contributed by atoms with van der Waals surface area (Å²) in [4.78, 5) is 11.8. The van der Waals surface area contributed by atoms with Crippen molar-refractivity contribution in [3.05, 3.63) is 66.0 Å². The molecular weight excluding hydrogens is 359 g/mol. The third-order valence-electron chi connectivity index (χ3n) is 3.01. The van der Waals surface area contributed by atoms with Gasteiger partial charge in [0.1, 0.15) is 10.8 Å². The molecular formula is C17H13FN4OS2. The molecule has 0 unspecified atom stereocenters. The molecule has 0 atom stereocenters. The van der Waals surface area contributed by atoms with Gasteiger partial charge in [-0.15, -0.1) is 10.2 Å². The van der Waals surface area contributed by atoms with Gasteiger partial charge in [0, 0.05) is 5.56 Å². The van der Waals surface area contributed by atoms with Crippen molar-refractivity contribution in [2.45, 2.75) is 4.34 Å². The summed E-state index contributed by atoms with van der Waals surface area (Å²) in [5.74, 6) is -0.449. The summed E-state index contributed by atoms with van der Waals surface area (Å²) in [6.45, 7) is 0. The molecule has 0 aliphatic heterocycles. The summed E-state index contributed by atoms with van der Waals surface area (Å²) in [5.41, 5.74) is 3.97. The second-order valence-corrected chi connectivity index (χ2v) is 7.08. The smallest absolute Gasteiger partial charge is 0.250 e. The van der Waals surface area contributed by atoms with E-state index in [-0.39, 0.29) is 17.5 Å². The van der Waals surface area contributed by atoms with E-state index in [9.17, 15) is 9.18 Å². The fourth-order valence-electron chi connectivity index (χ4n) is 1.89. The Morgan fingerprint density at radius 2 is 2.04 bits per heavy atom. The zero-order valence-corrected chi connectivity index (χ0v) is 14.6. The number of hydrogen-bond donors (Lipinski definition) is 1. The first-order valence-corrected chi connectivity index (χ1v) is 9.10. The number of benzene rings is 2. The molecule has 0 aliphatic carbocycles. The SMILES string of the molecule is O=C(CSc1nnc(-c2ccccc2)s1)NN=Cc1cccc(F)c1. The first kappa shape index (κ1) is 17.2. The quantitative estimate of drug-likeness (QED) is 0.408. The fraction of sp³-hybridized carbons (Fsp3) is 0.0588. The second-order valence-electron chi connectivity index (χ2n) is 4.88. The van der Waals surface area contributed by atoms with Gasteiger partial charge in [-0.25, -0.2) is 9.82 Å². The molecule has 0 saturated carbocycles. The molecule has 5 nitrogen and oxygen atoms in total. The van der Waals surface area contributed by atoms with Gasteiger partial charge in [-0.05, 0) is 17.7 Å². The monoisotopic (exact) mass is 372 g/mol. The summed E-state index contributed by atoms with van der Waals surface area (Å²) in [6, 6.07) is 15.7. The van der Waals surface area contributed by atoms with Gasteiger partial charge in [-0.2, -0.15) is 5.10 Å². The number of hydrazone groups is 1. The Labute approximate surface area is 152 Å². The zero-order chi connectivity index (χ0) is 17.5. The lowest BCUT2D eigenvalue weighted by molar-refractivity contribution is -0.118. The van der Waals surface area contributed by atoms with Crippen LogP contribution in [-0.4, -0.2) is 28.1 Å². The van der Waals surface area contributed by atoms with Crippen molar-refractivity contribution in [2.24, 2.45) is 5.10 Å². The first-order chi connectivity index (χ1) is 12.2. The highest BCUT2D eigenvalue weighted by Crippen LogP contribution is 2.28. The Balaban J connectivity index is 1.49. The molecule has 25 heavy (non-hydrogen) atoms. The third kappa shape index (κ3) is 5.20. The summed E-state index contributed by atoms with van der Waals surface area (Å²) < 4.78 is 13.7. The number of amides is 1. The minimum atomic E-state index is -0.351. The predicted molar refractivity (Wildman–Crippen MR) is 98.2 cm³/mol. The number of hydrogen-bond acceptors (Lipinski definition) is 6. The zero-order valence-electron chi connectivity index (χ0n) is 12.9. The van der Waals surface area contributed by atoms with Crippen LogP contribution in [0.4, 0.5) is 4.39 Å². The Kier molecular flexibility index (Phi) is 5.86. The van der Waals surface area contributed by atoms with Crippen LogP contribution in [0.3, 0.4) is 0 Å². The highest BCUT2D eigenvalue weighted by Gasteiger charge is 2.09. The third-order valence-corrected chi connectivity index (χ3v) is 5.11. The van der Waals surface area contributed by atoms with E-state index >= 15 is 0 Å². The van der Waals surface area contributed by atoms with Crippen molar-refractivity contribution in [1.29, 1.82) is 0 Å². The van der Waals surface area contributed by atoms with Crippen LogP contribution in [0.5, 0.6) is 0 Å². The molecule has 0 radical (unpaired) electrons. The van der Waals surface area contributed by atoms with Crippen LogP contribution in [0.1, 0.15) is 5.56 Å². The van der Waals surface area contributed by atoms with Crippen molar-refractivity contribution >= 4 is 35.2 Å². The van der Waals surface area contributed by atoms with Crippen LogP contribution in [0.15, 0.2) is 64.0 Å². The number of halogens is 1. The Bertz CT molecular complexity index is 883. The average Bonchev–Trinajstić information content (AvgIpc) is 3.10. The van der Waals surface area contributed by atoms with Gasteiger partial charge in [0.05, 0.1) is 12.0 Å². The minimum absolute atomic E-state index is 0.171. The molecule has 0 saturated heterocycles. The molecule has 1 amide bonds. The lowest BCUT2D eigenvalue weighted by Crippen LogP contribution is -2.19. The number of nitrogens with one attached hydrogen (secondary N) is 1. The summed E-state index contributed by atoms with van der Waals surface area (Å²) >= 11 is 2.72. The Morgan fingerprint density at radius 1 is 1.20 bits per heavy atom. The van der Waals surface area contributed by atoms with E-state index in [1.54, 1.807) is 12.1 Å². The van der Waals surface area contributed by atoms with E-state index in [1.807, 2.05) is 30.3 Å². The highest BCUT2D eigenvalue weighted by molar-refractivity contribution is 8.01. The molecule has 1 N–H and O–H groups in total. The van der Waals surface area contributed by atoms with E-state index in [1.165, 1.54) is 41.4 Å². The van der Waals surface area contributed by atoms with Crippen LogP contribution in [-0.2, 0) is 4.79 Å². The average molecular weight is 372 g/mol. The normalized spacial score (nSPS) is 10.9. The second kappa shape index (κ2) is 8.50. The van der Waals surface area contributed by atoms with E-state index in [2.05, 4.69) is 20.7 Å². The van der Waals surface area contributed by atoms with Crippen molar-refractivity contribution in [1.82, 2.24) is 15.6 Å². The maximum Gasteiger partial charge on any atom is 0.250 e. The van der Waals surface area contributed by atoms with Gasteiger partial charge < -0.3 is 0 Å². The van der Waals surface area contributed by atoms with Crippen LogP contribution in [0, 0.1) is 5.82 Å². The largest absolute Gasteiger partial charge is 0.272 e. The molecule has 3 rings (SSSR count). The lowest BCUT2D eigenvalue weighted by Gasteiger charge is -1.97. The molecule has 0 bridgehead atoms. The van der Waals surface area contributed by atoms with Gasteiger partial charge in [0.15, 0.2) is 4.34 Å². The molecule has 2 aromatic carbocycles. The van der Waals surface area contributed by atoms with Crippen molar-refractivity contribution in [3.63, 3.8) is 0 Å². The first-order valence-electron chi connectivity index (χ1n) is 7.30. The van der Waals surface area contributed by atoms with Gasteiger partial charge in [0.25, 0.3) is 5.91 Å². The number of nitrogens with zero attached hydrogens (tertiary/aromatic N) is 3. The maximum atomic E-state index is 13.0. The Morgan fingerprint density at radius 3 is 2.84 bits per heavy atom. The summed E-state index contributed by atoms with van der Waals surface area (Å²) in [5, 5.41) is 12.8. The highest BCUT2D eigenvalue weighted by atomic mass is 32.2. The number of carbonyl (C=O) groups is 1. The van der Waals surface area contributed by atoms with E-state index < -0.39 is 0 Å². The molecule has 126 valence electrons. The number of rotatable bonds is 6. The summed E-state index contributed by atoms with van der Waals surface area (Å²) in [7, 11) is 0. The topological polar surface area (TPSA) is 67.2 Å². The molecule has 8 heteroatoms. The molecule has 1 aromatic heterocycles. The molecule has 3 aromatic rings. The van der Waals surface area contributed by atoms with Crippen molar-refractivity contribution in [2.75, 3.05) is 5.75 Å². The number of carbonyl (C=O) groups excluding carboxylic acids is 1. The lowest BCUT2D eigenvalue weighted by atomic mass is 10.2. The van der Waals surface area contributed by atoms with Gasteiger partial charge in [-0.3, -0.25) is 4.79 Å². The molecule has 1 heterocycles. The predicted octanol–water partition coefficient (Wildman–Crippen LogP) is 3.59. The van der Waals surface area contributed by atoms with Crippen LogP contribution in [0.25, 0.3) is 10.6 Å². The van der Waals surface area contributed by atoms with Crippen molar-refractivity contribution < 1.29 is 9.18 Å². The van der Waals surface area contributed by atoms with Crippen LogP contribution >= 0.6 is 23.1 Å². The number of aromatic nitrogens is 2. The van der Waals surface area contributed by atoms with Gasteiger partial charge in [-0.1, -0.05) is 65.6 Å². The maximum absolute atomic E-state index is 13.0. The minimum Gasteiger partial charge on any atom is -0.272 e. The van der Waals surface area contributed by atoms with E-state index in [0.29, 0.717) is 9.90 Å². The van der Waals surface area contributed by atoms with Crippen LogP contribution in [0.2, 0.25) is 0 Å². The van der Waals surface area contributed by atoms with Gasteiger partial charge >= 0.3 is 0 Å². The fourth-order valence-corrected chi connectivity index (χ4v) is 3.54. The Hall–Kier alpha value is -2.58. The van der Waals surface area contributed by atoms with Crippen LogP contribution < -0.4 is 5.43 Å². The van der Waals surface area contributed by atoms with E-state index in [0.717, 1.165) is 10.6 Å². The molecule has 0 fully saturated rings.